The Hall–Kier alpha value is -2.11. The highest BCUT2D eigenvalue weighted by Crippen LogP contribution is 2.30. The van der Waals surface area contributed by atoms with Crippen LogP contribution in [0.25, 0.3) is 0 Å². The smallest absolute Gasteiger partial charge is 0.123 e. The first-order chi connectivity index (χ1) is 11.7. The summed E-state index contributed by atoms with van der Waals surface area (Å²) in [7, 11) is 3.33. The quantitative estimate of drug-likeness (QED) is 0.914. The number of methoxy groups -OCH3 is 2. The van der Waals surface area contributed by atoms with Gasteiger partial charge in [0.05, 0.1) is 14.2 Å². The Morgan fingerprint density at radius 3 is 2.79 bits per heavy atom. The molecule has 0 aromatic heterocycles. The highest BCUT2D eigenvalue weighted by atomic mass is 19.1. The SMILES string of the molecule is COc1ccc(OC)c(CN2CCNCC2c2cccc(F)c2)c1. The van der Waals surface area contributed by atoms with E-state index in [1.807, 2.05) is 24.3 Å². The highest BCUT2D eigenvalue weighted by molar-refractivity contribution is 5.40. The molecule has 1 unspecified atom stereocenters. The number of ether oxygens (including phenoxy) is 2. The van der Waals surface area contributed by atoms with Crippen LogP contribution >= 0.6 is 0 Å². The van der Waals surface area contributed by atoms with Crippen LogP contribution in [0.3, 0.4) is 0 Å². The summed E-state index contributed by atoms with van der Waals surface area (Å²) < 4.78 is 24.4. The monoisotopic (exact) mass is 330 g/mol. The van der Waals surface area contributed by atoms with Crippen molar-refractivity contribution >= 4 is 0 Å². The lowest BCUT2D eigenvalue weighted by Crippen LogP contribution is -2.45. The average Bonchev–Trinajstić information content (AvgIpc) is 2.62. The number of rotatable bonds is 5. The number of hydrogen-bond acceptors (Lipinski definition) is 4. The van der Waals surface area contributed by atoms with E-state index in [1.54, 1.807) is 26.4 Å². The zero-order valence-corrected chi connectivity index (χ0v) is 14.1. The van der Waals surface area contributed by atoms with Crippen LogP contribution in [-0.2, 0) is 6.54 Å². The van der Waals surface area contributed by atoms with E-state index in [0.29, 0.717) is 0 Å². The van der Waals surface area contributed by atoms with Gasteiger partial charge >= 0.3 is 0 Å². The molecule has 1 N–H and O–H groups in total. The highest BCUT2D eigenvalue weighted by Gasteiger charge is 2.25. The van der Waals surface area contributed by atoms with Gasteiger partial charge in [0.25, 0.3) is 0 Å². The number of halogens is 1. The lowest BCUT2D eigenvalue weighted by atomic mass is 10.0. The molecule has 0 saturated carbocycles. The summed E-state index contributed by atoms with van der Waals surface area (Å²) in [6.45, 7) is 3.33. The molecule has 3 rings (SSSR count). The summed E-state index contributed by atoms with van der Waals surface area (Å²) in [4.78, 5) is 2.35. The molecule has 1 aliphatic rings. The molecule has 0 aliphatic carbocycles. The van der Waals surface area contributed by atoms with Crippen molar-refractivity contribution in [2.75, 3.05) is 33.9 Å². The summed E-state index contributed by atoms with van der Waals surface area (Å²) >= 11 is 0. The van der Waals surface area contributed by atoms with Crippen LogP contribution in [0.15, 0.2) is 42.5 Å². The first-order valence-electron chi connectivity index (χ1n) is 8.12. The molecule has 24 heavy (non-hydrogen) atoms. The fourth-order valence-corrected chi connectivity index (χ4v) is 3.20. The molecule has 0 spiro atoms. The van der Waals surface area contributed by atoms with E-state index < -0.39 is 0 Å². The number of nitrogens with zero attached hydrogens (tertiary/aromatic N) is 1. The van der Waals surface area contributed by atoms with Gasteiger partial charge < -0.3 is 14.8 Å². The molecule has 0 radical (unpaired) electrons. The fraction of sp³-hybridized carbons (Fsp3) is 0.368. The molecule has 1 heterocycles. The molecule has 2 aromatic carbocycles. The Bertz CT molecular complexity index is 693. The van der Waals surface area contributed by atoms with E-state index in [-0.39, 0.29) is 11.9 Å². The standard InChI is InChI=1S/C19H23FN2O2/c1-23-17-6-7-19(24-2)15(11-17)13-22-9-8-21-12-18(22)14-4-3-5-16(20)10-14/h3-7,10-11,18,21H,8-9,12-13H2,1-2H3. The van der Waals surface area contributed by atoms with E-state index in [4.69, 9.17) is 9.47 Å². The van der Waals surface area contributed by atoms with Crippen molar-refractivity contribution in [3.05, 3.63) is 59.4 Å². The Morgan fingerprint density at radius 2 is 2.04 bits per heavy atom. The summed E-state index contributed by atoms with van der Waals surface area (Å²) in [6.07, 6.45) is 0. The second-order valence-electron chi connectivity index (χ2n) is 5.92. The second-order valence-corrected chi connectivity index (χ2v) is 5.92. The van der Waals surface area contributed by atoms with Crippen LogP contribution in [0.5, 0.6) is 11.5 Å². The van der Waals surface area contributed by atoms with Crippen molar-refractivity contribution in [3.8, 4) is 11.5 Å². The number of benzene rings is 2. The van der Waals surface area contributed by atoms with Gasteiger partial charge in [0, 0.05) is 37.8 Å². The third kappa shape index (κ3) is 3.68. The lowest BCUT2D eigenvalue weighted by molar-refractivity contribution is 0.152. The Kier molecular flexibility index (Phi) is 5.33. The average molecular weight is 330 g/mol. The van der Waals surface area contributed by atoms with Crippen molar-refractivity contribution in [1.29, 1.82) is 0 Å². The molecule has 1 aliphatic heterocycles. The van der Waals surface area contributed by atoms with Crippen molar-refractivity contribution in [2.45, 2.75) is 12.6 Å². The summed E-state index contributed by atoms with van der Waals surface area (Å²) in [5, 5.41) is 3.40. The minimum absolute atomic E-state index is 0.130. The maximum Gasteiger partial charge on any atom is 0.123 e. The molecule has 128 valence electrons. The first-order valence-corrected chi connectivity index (χ1v) is 8.12. The van der Waals surface area contributed by atoms with Crippen molar-refractivity contribution in [2.24, 2.45) is 0 Å². The zero-order chi connectivity index (χ0) is 16.9. The first kappa shape index (κ1) is 16.7. The molecular weight excluding hydrogens is 307 g/mol. The predicted molar refractivity (Wildman–Crippen MR) is 92.0 cm³/mol. The third-order valence-electron chi connectivity index (χ3n) is 4.45. The van der Waals surface area contributed by atoms with E-state index in [9.17, 15) is 4.39 Å². The van der Waals surface area contributed by atoms with Crippen LogP contribution < -0.4 is 14.8 Å². The van der Waals surface area contributed by atoms with Crippen molar-refractivity contribution in [1.82, 2.24) is 10.2 Å². The third-order valence-corrected chi connectivity index (χ3v) is 4.45. The molecule has 1 saturated heterocycles. The van der Waals surface area contributed by atoms with Gasteiger partial charge in [-0.2, -0.15) is 0 Å². The minimum atomic E-state index is -0.197. The molecular formula is C19H23FN2O2. The van der Waals surface area contributed by atoms with Crippen LogP contribution in [0, 0.1) is 5.82 Å². The van der Waals surface area contributed by atoms with E-state index in [1.165, 1.54) is 6.07 Å². The fourth-order valence-electron chi connectivity index (χ4n) is 3.20. The number of nitrogens with one attached hydrogen (secondary N) is 1. The van der Waals surface area contributed by atoms with E-state index in [0.717, 1.165) is 48.8 Å². The van der Waals surface area contributed by atoms with Gasteiger partial charge in [0.15, 0.2) is 0 Å². The largest absolute Gasteiger partial charge is 0.497 e. The zero-order valence-electron chi connectivity index (χ0n) is 14.1. The Labute approximate surface area is 142 Å². The predicted octanol–water partition coefficient (Wildman–Crippen LogP) is 2.99. The van der Waals surface area contributed by atoms with Crippen LogP contribution in [-0.4, -0.2) is 38.8 Å². The molecule has 1 atom stereocenters. The van der Waals surface area contributed by atoms with Crippen LogP contribution in [0.4, 0.5) is 4.39 Å². The maximum absolute atomic E-state index is 13.6. The summed E-state index contributed by atoms with van der Waals surface area (Å²) in [5.74, 6) is 1.45. The van der Waals surface area contributed by atoms with Crippen molar-refractivity contribution < 1.29 is 13.9 Å². The van der Waals surface area contributed by atoms with Crippen LogP contribution in [0.1, 0.15) is 17.2 Å². The van der Waals surface area contributed by atoms with Gasteiger partial charge in [-0.25, -0.2) is 4.39 Å². The molecule has 2 aromatic rings. The van der Waals surface area contributed by atoms with Gasteiger partial charge in [-0.15, -0.1) is 0 Å². The number of piperazine rings is 1. The maximum atomic E-state index is 13.6. The second kappa shape index (κ2) is 7.64. The summed E-state index contributed by atoms with van der Waals surface area (Å²) in [5.41, 5.74) is 2.06. The van der Waals surface area contributed by atoms with E-state index >= 15 is 0 Å². The Morgan fingerprint density at radius 1 is 1.17 bits per heavy atom. The Balaban J connectivity index is 1.86. The molecule has 0 amide bonds. The van der Waals surface area contributed by atoms with Crippen molar-refractivity contribution in [3.63, 3.8) is 0 Å². The molecule has 4 nitrogen and oxygen atoms in total. The number of hydrogen-bond donors (Lipinski definition) is 1. The summed E-state index contributed by atoms with van der Waals surface area (Å²) in [6, 6.07) is 12.8. The molecule has 1 fully saturated rings. The van der Waals surface area contributed by atoms with Crippen LogP contribution in [0.2, 0.25) is 0 Å². The topological polar surface area (TPSA) is 33.7 Å². The van der Waals surface area contributed by atoms with E-state index in [2.05, 4.69) is 10.2 Å². The normalized spacial score (nSPS) is 18.4. The van der Waals surface area contributed by atoms with Gasteiger partial charge in [-0.1, -0.05) is 12.1 Å². The van der Waals surface area contributed by atoms with Gasteiger partial charge in [-0.3, -0.25) is 4.90 Å². The lowest BCUT2D eigenvalue weighted by Gasteiger charge is -2.36. The minimum Gasteiger partial charge on any atom is -0.497 e. The van der Waals surface area contributed by atoms with Gasteiger partial charge in [-0.05, 0) is 35.9 Å². The molecule has 5 heteroatoms. The van der Waals surface area contributed by atoms with Gasteiger partial charge in [0.2, 0.25) is 0 Å². The van der Waals surface area contributed by atoms with Gasteiger partial charge in [0.1, 0.15) is 17.3 Å². The molecule has 0 bridgehead atoms.